The Balaban J connectivity index is 4.03. The number of aliphatic carboxylic acids is 2. The summed E-state index contributed by atoms with van der Waals surface area (Å²) in [7, 11) is 0. The van der Waals surface area contributed by atoms with Gasteiger partial charge in [0, 0.05) is 11.0 Å². The van der Waals surface area contributed by atoms with E-state index >= 15 is 0 Å². The van der Waals surface area contributed by atoms with Gasteiger partial charge in [-0.25, -0.2) is 0 Å². The zero-order valence-electron chi connectivity index (χ0n) is 30.3. The Morgan fingerprint density at radius 3 is 1.02 bits per heavy atom. The van der Waals surface area contributed by atoms with Gasteiger partial charge >= 0.3 is 11.9 Å². The molecule has 0 aliphatic carbocycles. The smallest absolute Gasteiger partial charge is 0.307 e. The lowest BCUT2D eigenvalue weighted by molar-refractivity contribution is -0.142. The number of unbranched alkanes of at least 4 members (excludes halogenated alkanes) is 28. The minimum Gasteiger partial charge on any atom is -0.481 e. The van der Waals surface area contributed by atoms with E-state index in [0.717, 1.165) is 32.1 Å². The molecule has 0 saturated heterocycles. The molecule has 0 aromatic heterocycles. The summed E-state index contributed by atoms with van der Waals surface area (Å²) in [5, 5.41) is 19.2. The zero-order valence-corrected chi connectivity index (χ0v) is 31.1. The van der Waals surface area contributed by atoms with E-state index in [2.05, 4.69) is 13.8 Å². The van der Waals surface area contributed by atoms with Crippen LogP contribution in [0.3, 0.4) is 0 Å². The summed E-state index contributed by atoms with van der Waals surface area (Å²) < 4.78 is 0. The quantitative estimate of drug-likeness (QED) is 0.0648. The lowest BCUT2D eigenvalue weighted by Crippen LogP contribution is -2.26. The van der Waals surface area contributed by atoms with Gasteiger partial charge in [-0.3, -0.25) is 9.59 Å². The van der Waals surface area contributed by atoms with Crippen molar-refractivity contribution in [1.29, 1.82) is 0 Å². The van der Waals surface area contributed by atoms with Gasteiger partial charge in [0.2, 0.25) is 0 Å². The lowest BCUT2D eigenvalue weighted by Gasteiger charge is -2.24. The third kappa shape index (κ3) is 33.0. The fraction of sp³-hybridized carbons (Fsp3) is 0.950. The number of thioether (sulfide) groups is 1. The minimum absolute atomic E-state index is 0.0375. The second kappa shape index (κ2) is 36.1. The molecule has 268 valence electrons. The van der Waals surface area contributed by atoms with Crippen LogP contribution in [0.25, 0.3) is 0 Å². The van der Waals surface area contributed by atoms with Gasteiger partial charge in [-0.15, -0.1) is 0 Å². The zero-order chi connectivity index (χ0) is 33.1. The number of carbonyl (C=O) groups is 2. The predicted molar refractivity (Wildman–Crippen MR) is 199 cm³/mol. The van der Waals surface area contributed by atoms with Crippen LogP contribution in [-0.2, 0) is 9.59 Å². The normalized spacial score (nSPS) is 12.8. The van der Waals surface area contributed by atoms with Gasteiger partial charge in [-0.1, -0.05) is 206 Å². The van der Waals surface area contributed by atoms with Gasteiger partial charge in [-0.2, -0.15) is 11.8 Å². The van der Waals surface area contributed by atoms with Gasteiger partial charge in [-0.05, 0) is 12.8 Å². The molecule has 2 N–H and O–H groups in total. The summed E-state index contributed by atoms with van der Waals surface area (Å²) in [6, 6.07) is 0. The van der Waals surface area contributed by atoms with E-state index in [1.165, 1.54) is 173 Å². The van der Waals surface area contributed by atoms with Crippen molar-refractivity contribution in [3.8, 4) is 0 Å². The molecule has 0 aliphatic heterocycles. The van der Waals surface area contributed by atoms with Crippen LogP contribution in [0.1, 0.15) is 226 Å². The van der Waals surface area contributed by atoms with Crippen molar-refractivity contribution in [2.24, 2.45) is 5.92 Å². The molecule has 0 amide bonds. The fourth-order valence-corrected chi connectivity index (χ4v) is 8.03. The lowest BCUT2D eigenvalue weighted by atomic mass is 9.93. The summed E-state index contributed by atoms with van der Waals surface area (Å²) in [5.74, 6) is -1.31. The van der Waals surface area contributed by atoms with Crippen molar-refractivity contribution in [2.75, 3.05) is 5.75 Å². The maximum absolute atomic E-state index is 12.2. The number of hydrogen-bond donors (Lipinski definition) is 2. The van der Waals surface area contributed by atoms with Crippen molar-refractivity contribution in [3.05, 3.63) is 0 Å². The Hall–Kier alpha value is -0.710. The van der Waals surface area contributed by atoms with E-state index < -0.39 is 11.9 Å². The SMILES string of the molecule is CCCCCCCCCCCCCCCCCC(SCCC(=O)O)C(CCCCCCCCCCCCCCCCC)C(=O)O. The molecule has 2 atom stereocenters. The molecule has 0 rings (SSSR count). The Labute approximate surface area is 285 Å². The molecule has 0 fully saturated rings. The molecule has 5 heteroatoms. The molecule has 0 aromatic carbocycles. The number of carboxylic acid groups (broad SMARTS) is 2. The van der Waals surface area contributed by atoms with E-state index in [-0.39, 0.29) is 17.6 Å². The average Bonchev–Trinajstić information content (AvgIpc) is 3.01. The molecule has 0 aromatic rings. The van der Waals surface area contributed by atoms with Crippen molar-refractivity contribution >= 4 is 23.7 Å². The molecule has 4 nitrogen and oxygen atoms in total. The van der Waals surface area contributed by atoms with Crippen molar-refractivity contribution < 1.29 is 19.8 Å². The summed E-state index contributed by atoms with van der Waals surface area (Å²) in [5.41, 5.74) is 0. The van der Waals surface area contributed by atoms with Crippen LogP contribution in [0.5, 0.6) is 0 Å². The molecular weight excluding hydrogens is 577 g/mol. The Morgan fingerprint density at radius 1 is 0.444 bits per heavy atom. The van der Waals surface area contributed by atoms with Gasteiger partial charge in [0.05, 0.1) is 12.3 Å². The first-order valence-corrected chi connectivity index (χ1v) is 21.1. The van der Waals surface area contributed by atoms with E-state index in [1.807, 2.05) is 0 Å². The third-order valence-corrected chi connectivity index (χ3v) is 11.1. The first-order valence-electron chi connectivity index (χ1n) is 20.1. The molecule has 0 saturated carbocycles. The Morgan fingerprint density at radius 2 is 0.733 bits per heavy atom. The summed E-state index contributed by atoms with van der Waals surface area (Å²) in [6.07, 6.45) is 41.4. The third-order valence-electron chi connectivity index (χ3n) is 9.62. The molecule has 0 aliphatic rings. The van der Waals surface area contributed by atoms with Crippen LogP contribution >= 0.6 is 11.8 Å². The number of rotatable bonds is 38. The molecule has 0 bridgehead atoms. The first-order chi connectivity index (χ1) is 22.0. The maximum Gasteiger partial charge on any atom is 0.307 e. The van der Waals surface area contributed by atoms with E-state index in [9.17, 15) is 14.7 Å². The minimum atomic E-state index is -0.789. The molecule has 0 spiro atoms. The van der Waals surface area contributed by atoms with Crippen LogP contribution in [0.15, 0.2) is 0 Å². The van der Waals surface area contributed by atoms with Gasteiger partial charge < -0.3 is 10.2 Å². The van der Waals surface area contributed by atoms with Crippen LogP contribution in [0.4, 0.5) is 0 Å². The molecule has 0 heterocycles. The second-order valence-electron chi connectivity index (χ2n) is 14.0. The van der Waals surface area contributed by atoms with E-state index in [4.69, 9.17) is 5.11 Å². The Kier molecular flexibility index (Phi) is 35.6. The highest BCUT2D eigenvalue weighted by molar-refractivity contribution is 7.99. The summed E-state index contributed by atoms with van der Waals surface area (Å²) in [4.78, 5) is 23.3. The number of hydrogen-bond acceptors (Lipinski definition) is 3. The average molecular weight is 655 g/mol. The van der Waals surface area contributed by atoms with Crippen molar-refractivity contribution in [1.82, 2.24) is 0 Å². The molecule has 45 heavy (non-hydrogen) atoms. The van der Waals surface area contributed by atoms with Gasteiger partial charge in [0.15, 0.2) is 0 Å². The summed E-state index contributed by atoms with van der Waals surface area (Å²) in [6.45, 7) is 4.55. The van der Waals surface area contributed by atoms with Gasteiger partial charge in [0.25, 0.3) is 0 Å². The predicted octanol–water partition coefficient (Wildman–Crippen LogP) is 13.8. The Bertz CT molecular complexity index is 625. The van der Waals surface area contributed by atoms with Crippen LogP contribution < -0.4 is 0 Å². The van der Waals surface area contributed by atoms with Crippen LogP contribution in [0, 0.1) is 5.92 Å². The second-order valence-corrected chi connectivity index (χ2v) is 15.3. The largest absolute Gasteiger partial charge is 0.481 e. The van der Waals surface area contributed by atoms with E-state index in [1.54, 1.807) is 11.8 Å². The van der Waals surface area contributed by atoms with Crippen LogP contribution in [0.2, 0.25) is 0 Å². The standard InChI is InChI=1S/C40H78O4S/c1-3-5-7-9-11-13-15-17-19-21-23-25-27-29-31-33-37(40(43)44)38(45-36-35-39(41)42)34-32-30-28-26-24-22-20-18-16-14-12-10-8-6-4-2/h37-38H,3-36H2,1-2H3,(H,41,42)(H,43,44). The molecule has 2 unspecified atom stereocenters. The summed E-state index contributed by atoms with van der Waals surface area (Å²) >= 11 is 1.60. The van der Waals surface area contributed by atoms with E-state index in [0.29, 0.717) is 5.75 Å². The highest BCUT2D eigenvalue weighted by Crippen LogP contribution is 2.30. The highest BCUT2D eigenvalue weighted by atomic mass is 32.2. The van der Waals surface area contributed by atoms with Gasteiger partial charge in [0.1, 0.15) is 0 Å². The van der Waals surface area contributed by atoms with Crippen molar-refractivity contribution in [2.45, 2.75) is 231 Å². The van der Waals surface area contributed by atoms with Crippen molar-refractivity contribution in [3.63, 3.8) is 0 Å². The van der Waals surface area contributed by atoms with Crippen LogP contribution in [-0.4, -0.2) is 33.2 Å². The molecular formula is C40H78O4S. The number of carboxylic acids is 2. The topological polar surface area (TPSA) is 74.6 Å². The maximum atomic E-state index is 12.2. The highest BCUT2D eigenvalue weighted by Gasteiger charge is 2.27. The first kappa shape index (κ1) is 44.3. The monoisotopic (exact) mass is 655 g/mol. The fourth-order valence-electron chi connectivity index (χ4n) is 6.62. The molecule has 0 radical (unpaired) electrons.